The molecular weight excluding hydrogens is 337 g/mol. The normalized spacial score (nSPS) is 10.4. The molecule has 0 unspecified atom stereocenters. The van der Waals surface area contributed by atoms with Gasteiger partial charge >= 0.3 is 0 Å². The third kappa shape index (κ3) is 2.63. The summed E-state index contributed by atoms with van der Waals surface area (Å²) in [5.41, 5.74) is 3.39. The van der Waals surface area contributed by atoms with Crippen molar-refractivity contribution in [3.05, 3.63) is 39.1 Å². The zero-order valence-corrected chi connectivity index (χ0v) is 12.9. The van der Waals surface area contributed by atoms with Gasteiger partial charge in [-0.15, -0.1) is 0 Å². The molecule has 2 rings (SSSR count). The Balaban J connectivity index is 2.46. The van der Waals surface area contributed by atoms with Crippen LogP contribution in [0.15, 0.2) is 24.3 Å². The predicted octanol–water partition coefficient (Wildman–Crippen LogP) is 3.66. The first-order valence-electron chi connectivity index (χ1n) is 5.97. The molecule has 1 heterocycles. The van der Waals surface area contributed by atoms with Crippen molar-refractivity contribution in [1.82, 2.24) is 9.97 Å². The van der Waals surface area contributed by atoms with E-state index in [0.29, 0.717) is 0 Å². The number of nitrogens with one attached hydrogen (secondary N) is 1. The molecule has 18 heavy (non-hydrogen) atoms. The monoisotopic (exact) mass is 353 g/mol. The lowest BCUT2D eigenvalue weighted by Gasteiger charge is -2.09. The van der Waals surface area contributed by atoms with Gasteiger partial charge in [-0.25, -0.2) is 9.97 Å². The number of benzene rings is 1. The smallest absolute Gasteiger partial charge is 0.161 e. The van der Waals surface area contributed by atoms with Gasteiger partial charge in [0.25, 0.3) is 0 Å². The van der Waals surface area contributed by atoms with Gasteiger partial charge in [0.15, 0.2) is 5.82 Å². The second-order valence-corrected chi connectivity index (χ2v) is 5.17. The van der Waals surface area contributed by atoms with E-state index >= 15 is 0 Å². The van der Waals surface area contributed by atoms with Crippen LogP contribution in [0.5, 0.6) is 0 Å². The van der Waals surface area contributed by atoms with Gasteiger partial charge in [-0.05, 0) is 41.5 Å². The van der Waals surface area contributed by atoms with Crippen LogP contribution in [0, 0.1) is 10.5 Å². The minimum Gasteiger partial charge on any atom is -0.372 e. The van der Waals surface area contributed by atoms with Crippen molar-refractivity contribution >= 4 is 28.4 Å². The predicted molar refractivity (Wildman–Crippen MR) is 83.8 cm³/mol. The van der Waals surface area contributed by atoms with Gasteiger partial charge in [0, 0.05) is 12.6 Å². The van der Waals surface area contributed by atoms with Gasteiger partial charge in [0.1, 0.15) is 5.82 Å². The summed E-state index contributed by atoms with van der Waals surface area (Å²) in [6.07, 6.45) is 1.05. The van der Waals surface area contributed by atoms with Gasteiger partial charge in [-0.2, -0.15) is 0 Å². The van der Waals surface area contributed by atoms with E-state index in [-0.39, 0.29) is 0 Å². The van der Waals surface area contributed by atoms with E-state index in [1.807, 2.05) is 14.0 Å². The molecular formula is C14H16IN3. The first kappa shape index (κ1) is 13.3. The van der Waals surface area contributed by atoms with E-state index in [9.17, 15) is 0 Å². The first-order valence-corrected chi connectivity index (χ1v) is 7.04. The van der Waals surface area contributed by atoms with Crippen molar-refractivity contribution in [2.45, 2.75) is 20.3 Å². The number of anilines is 1. The summed E-state index contributed by atoms with van der Waals surface area (Å²) < 4.78 is 1.07. The topological polar surface area (TPSA) is 37.8 Å². The summed E-state index contributed by atoms with van der Waals surface area (Å²) >= 11 is 2.26. The molecule has 0 spiro atoms. The molecule has 0 fully saturated rings. The number of hydrogen-bond acceptors (Lipinski definition) is 3. The van der Waals surface area contributed by atoms with Crippen molar-refractivity contribution in [3.63, 3.8) is 0 Å². The molecule has 0 atom stereocenters. The number of aryl methyl sites for hydroxylation is 2. The summed E-state index contributed by atoms with van der Waals surface area (Å²) in [6.45, 7) is 4.16. The summed E-state index contributed by atoms with van der Waals surface area (Å²) in [7, 11) is 1.88. The maximum atomic E-state index is 4.55. The number of aromatic nitrogens is 2. The zero-order valence-electron chi connectivity index (χ0n) is 10.8. The van der Waals surface area contributed by atoms with Crippen LogP contribution in [0.3, 0.4) is 0 Å². The summed E-state index contributed by atoms with van der Waals surface area (Å²) in [5, 5.41) is 3.11. The van der Waals surface area contributed by atoms with E-state index in [0.717, 1.165) is 32.9 Å². The molecule has 2 aromatic rings. The number of nitrogens with zero attached hydrogens (tertiary/aromatic N) is 2. The van der Waals surface area contributed by atoms with Crippen LogP contribution in [0.2, 0.25) is 0 Å². The Hall–Kier alpha value is -1.17. The number of halogens is 1. The van der Waals surface area contributed by atoms with Gasteiger partial charge in [0.2, 0.25) is 0 Å². The average molecular weight is 353 g/mol. The quantitative estimate of drug-likeness (QED) is 0.856. The fraction of sp³-hybridized carbons (Fsp3) is 0.286. The third-order valence-electron chi connectivity index (χ3n) is 2.87. The van der Waals surface area contributed by atoms with Crippen molar-refractivity contribution in [1.29, 1.82) is 0 Å². The van der Waals surface area contributed by atoms with Crippen LogP contribution in [-0.2, 0) is 6.42 Å². The Bertz CT molecular complexity index is 550. The number of hydrogen-bond donors (Lipinski definition) is 1. The lowest BCUT2D eigenvalue weighted by Crippen LogP contribution is -2.02. The van der Waals surface area contributed by atoms with Gasteiger partial charge in [0.05, 0.1) is 9.26 Å². The Morgan fingerprint density at radius 3 is 2.39 bits per heavy atom. The SMILES string of the molecule is CCc1ccc(-c2nc(C)c(I)c(NC)n2)cc1. The largest absolute Gasteiger partial charge is 0.372 e. The fourth-order valence-corrected chi connectivity index (χ4v) is 2.25. The summed E-state index contributed by atoms with van der Waals surface area (Å²) in [5.74, 6) is 1.66. The highest BCUT2D eigenvalue weighted by Crippen LogP contribution is 2.23. The molecule has 0 aliphatic rings. The van der Waals surface area contributed by atoms with E-state index in [1.165, 1.54) is 5.56 Å². The van der Waals surface area contributed by atoms with Crippen LogP contribution >= 0.6 is 22.6 Å². The van der Waals surface area contributed by atoms with E-state index < -0.39 is 0 Å². The van der Waals surface area contributed by atoms with Gasteiger partial charge < -0.3 is 5.32 Å². The molecule has 0 aliphatic carbocycles. The van der Waals surface area contributed by atoms with E-state index in [4.69, 9.17) is 0 Å². The molecule has 0 radical (unpaired) electrons. The van der Waals surface area contributed by atoms with Crippen molar-refractivity contribution < 1.29 is 0 Å². The zero-order chi connectivity index (χ0) is 13.1. The number of rotatable bonds is 3. The van der Waals surface area contributed by atoms with Crippen molar-refractivity contribution in [2.24, 2.45) is 0 Å². The van der Waals surface area contributed by atoms with Crippen LogP contribution in [-0.4, -0.2) is 17.0 Å². The minimum absolute atomic E-state index is 0.778. The highest BCUT2D eigenvalue weighted by Gasteiger charge is 2.09. The molecule has 4 heteroatoms. The maximum absolute atomic E-state index is 4.55. The van der Waals surface area contributed by atoms with E-state index in [2.05, 4.69) is 69.1 Å². The minimum atomic E-state index is 0.778. The Morgan fingerprint density at radius 1 is 1.17 bits per heavy atom. The molecule has 1 aromatic heterocycles. The lowest BCUT2D eigenvalue weighted by atomic mass is 10.1. The highest BCUT2D eigenvalue weighted by atomic mass is 127. The summed E-state index contributed by atoms with van der Waals surface area (Å²) in [6, 6.07) is 8.43. The molecule has 94 valence electrons. The molecule has 0 bridgehead atoms. The standard InChI is InChI=1S/C14H16IN3/c1-4-10-5-7-11(8-6-10)13-17-9(2)12(15)14(16-3)18-13/h5-8H,4H2,1-3H3,(H,16,17,18). The fourth-order valence-electron chi connectivity index (χ4n) is 1.74. The highest BCUT2D eigenvalue weighted by molar-refractivity contribution is 14.1. The first-order chi connectivity index (χ1) is 8.65. The van der Waals surface area contributed by atoms with Crippen molar-refractivity contribution in [3.8, 4) is 11.4 Å². The van der Waals surface area contributed by atoms with Crippen LogP contribution in [0.1, 0.15) is 18.2 Å². The average Bonchev–Trinajstić information content (AvgIpc) is 2.42. The van der Waals surface area contributed by atoms with E-state index in [1.54, 1.807) is 0 Å². The second kappa shape index (κ2) is 5.65. The Labute approximate surface area is 121 Å². The van der Waals surface area contributed by atoms with Gasteiger partial charge in [-0.1, -0.05) is 31.2 Å². The third-order valence-corrected chi connectivity index (χ3v) is 4.17. The van der Waals surface area contributed by atoms with Crippen LogP contribution < -0.4 is 5.32 Å². The molecule has 1 aromatic carbocycles. The Morgan fingerprint density at radius 2 is 1.83 bits per heavy atom. The van der Waals surface area contributed by atoms with Crippen molar-refractivity contribution in [2.75, 3.05) is 12.4 Å². The molecule has 1 N–H and O–H groups in total. The molecule has 3 nitrogen and oxygen atoms in total. The van der Waals surface area contributed by atoms with Crippen LogP contribution in [0.25, 0.3) is 11.4 Å². The lowest BCUT2D eigenvalue weighted by molar-refractivity contribution is 1.08. The maximum Gasteiger partial charge on any atom is 0.161 e. The summed E-state index contributed by atoms with van der Waals surface area (Å²) in [4.78, 5) is 9.10. The molecule has 0 saturated carbocycles. The Kier molecular flexibility index (Phi) is 4.16. The van der Waals surface area contributed by atoms with Crippen LogP contribution in [0.4, 0.5) is 5.82 Å². The van der Waals surface area contributed by atoms with Gasteiger partial charge in [-0.3, -0.25) is 0 Å². The molecule has 0 saturated heterocycles. The second-order valence-electron chi connectivity index (χ2n) is 4.10. The molecule has 0 aliphatic heterocycles. The molecule has 0 amide bonds.